The van der Waals surface area contributed by atoms with Gasteiger partial charge in [-0.25, -0.2) is 0 Å². The van der Waals surface area contributed by atoms with Gasteiger partial charge in [0.1, 0.15) is 24.7 Å². The van der Waals surface area contributed by atoms with E-state index < -0.39 is 12.2 Å². The fraction of sp³-hybridized carbons (Fsp3) is 0.214. The maximum absolute atomic E-state index is 10.4. The summed E-state index contributed by atoms with van der Waals surface area (Å²) in [5, 5.41) is 22.6. The first-order valence-corrected chi connectivity index (χ1v) is 13.2. The van der Waals surface area contributed by atoms with E-state index in [-0.39, 0.29) is 13.2 Å². The lowest BCUT2D eigenvalue weighted by Crippen LogP contribution is -2.20. The van der Waals surface area contributed by atoms with E-state index in [9.17, 15) is 10.2 Å². The monoisotopic (exact) mass is 492 g/mol. The fourth-order valence-corrected chi connectivity index (χ4v) is 5.05. The number of benzene rings is 4. The second-order valence-electron chi connectivity index (χ2n) is 7.79. The van der Waals surface area contributed by atoms with Crippen LogP contribution in [0.25, 0.3) is 10.8 Å². The van der Waals surface area contributed by atoms with Gasteiger partial charge in [0.15, 0.2) is 0 Å². The molecule has 0 heterocycles. The van der Waals surface area contributed by atoms with Gasteiger partial charge in [-0.2, -0.15) is 0 Å². The number of ether oxygens (including phenoxy) is 2. The minimum atomic E-state index is -0.586. The Labute approximate surface area is 208 Å². The third-order valence-electron chi connectivity index (χ3n) is 5.08. The van der Waals surface area contributed by atoms with Crippen molar-refractivity contribution in [2.75, 3.05) is 24.7 Å². The van der Waals surface area contributed by atoms with Crippen molar-refractivity contribution in [2.24, 2.45) is 0 Å². The van der Waals surface area contributed by atoms with Gasteiger partial charge in [-0.05, 0) is 36.4 Å². The van der Waals surface area contributed by atoms with Gasteiger partial charge in [-0.1, -0.05) is 60.7 Å². The predicted octanol–water partition coefficient (Wildman–Crippen LogP) is 5.90. The summed E-state index contributed by atoms with van der Waals surface area (Å²) >= 11 is 3.21. The molecule has 4 nitrogen and oxygen atoms in total. The maximum atomic E-state index is 10.4. The Bertz CT molecular complexity index is 1060. The molecular formula is C28H28O4S2. The molecule has 2 unspecified atom stereocenters. The number of aliphatic hydroxyl groups excluding tert-OH is 2. The van der Waals surface area contributed by atoms with Gasteiger partial charge in [0.05, 0.1) is 12.2 Å². The van der Waals surface area contributed by atoms with Crippen molar-refractivity contribution in [3.8, 4) is 11.5 Å². The molecule has 0 saturated heterocycles. The first-order valence-electron chi connectivity index (χ1n) is 11.2. The van der Waals surface area contributed by atoms with Crippen LogP contribution in [0.4, 0.5) is 0 Å². The van der Waals surface area contributed by atoms with Gasteiger partial charge in [0.25, 0.3) is 0 Å². The van der Waals surface area contributed by atoms with Gasteiger partial charge < -0.3 is 19.7 Å². The molecule has 0 aliphatic rings. The van der Waals surface area contributed by atoms with Crippen molar-refractivity contribution in [3.05, 3.63) is 97.1 Å². The van der Waals surface area contributed by atoms with Crippen LogP contribution in [-0.2, 0) is 0 Å². The summed E-state index contributed by atoms with van der Waals surface area (Å²) in [4.78, 5) is 2.25. The average molecular weight is 493 g/mol. The Morgan fingerprint density at radius 3 is 1.35 bits per heavy atom. The highest BCUT2D eigenvalue weighted by atomic mass is 32.2. The average Bonchev–Trinajstić information content (AvgIpc) is 2.89. The van der Waals surface area contributed by atoms with E-state index in [2.05, 4.69) is 0 Å². The number of hydrogen-bond donors (Lipinski definition) is 2. The lowest BCUT2D eigenvalue weighted by molar-refractivity contribution is 0.126. The molecule has 6 heteroatoms. The van der Waals surface area contributed by atoms with E-state index in [1.807, 2.05) is 97.1 Å². The number of aliphatic hydroxyl groups is 2. The molecule has 0 saturated carbocycles. The molecule has 0 aliphatic carbocycles. The zero-order valence-corrected chi connectivity index (χ0v) is 20.4. The third kappa shape index (κ3) is 7.18. The van der Waals surface area contributed by atoms with E-state index >= 15 is 0 Å². The highest BCUT2D eigenvalue weighted by molar-refractivity contribution is 7.99. The van der Waals surface area contributed by atoms with Gasteiger partial charge >= 0.3 is 0 Å². The van der Waals surface area contributed by atoms with Gasteiger partial charge in [-0.3, -0.25) is 0 Å². The van der Waals surface area contributed by atoms with Crippen LogP contribution < -0.4 is 9.47 Å². The summed E-state index contributed by atoms with van der Waals surface area (Å²) in [5.41, 5.74) is 0. The molecule has 2 atom stereocenters. The lowest BCUT2D eigenvalue weighted by atomic mass is 10.1. The highest BCUT2D eigenvalue weighted by Gasteiger charge is 2.12. The summed E-state index contributed by atoms with van der Waals surface area (Å²) in [6.45, 7) is 0.416. The molecule has 0 aliphatic heterocycles. The molecule has 4 rings (SSSR count). The maximum Gasteiger partial charge on any atom is 0.127 e. The molecule has 0 aromatic heterocycles. The SMILES string of the molecule is OC(COc1cccc2c(OCC(O)CSc3ccccc3)cccc12)CSc1ccccc1. The van der Waals surface area contributed by atoms with Crippen molar-refractivity contribution in [1.82, 2.24) is 0 Å². The van der Waals surface area contributed by atoms with E-state index in [0.717, 1.165) is 20.6 Å². The van der Waals surface area contributed by atoms with Crippen LogP contribution in [0.3, 0.4) is 0 Å². The van der Waals surface area contributed by atoms with Crippen LogP contribution in [0, 0.1) is 0 Å². The Balaban J connectivity index is 1.32. The molecule has 0 amide bonds. The Morgan fingerprint density at radius 2 is 0.941 bits per heavy atom. The van der Waals surface area contributed by atoms with Gasteiger partial charge in [-0.15, -0.1) is 23.5 Å². The van der Waals surface area contributed by atoms with Crippen LogP contribution in [0.15, 0.2) is 107 Å². The standard InChI is InChI=1S/C28H28O4S2/c29-21(19-33-23-9-3-1-4-10-23)17-31-27-15-7-14-26-25(27)13-8-16-28(26)32-18-22(30)20-34-24-11-5-2-6-12-24/h1-16,21-22,29-30H,17-20H2. The van der Waals surface area contributed by atoms with Crippen molar-refractivity contribution in [3.63, 3.8) is 0 Å². The van der Waals surface area contributed by atoms with Gasteiger partial charge in [0, 0.05) is 32.1 Å². The molecule has 176 valence electrons. The Kier molecular flexibility index (Phi) is 9.16. The summed E-state index contributed by atoms with van der Waals surface area (Å²) in [6.07, 6.45) is -1.17. The van der Waals surface area contributed by atoms with E-state index in [1.165, 1.54) is 0 Å². The molecule has 2 N–H and O–H groups in total. The van der Waals surface area contributed by atoms with Crippen LogP contribution in [0.5, 0.6) is 11.5 Å². The van der Waals surface area contributed by atoms with Crippen LogP contribution in [0.1, 0.15) is 0 Å². The second-order valence-corrected chi connectivity index (χ2v) is 9.97. The van der Waals surface area contributed by atoms with Crippen molar-refractivity contribution < 1.29 is 19.7 Å². The number of rotatable bonds is 12. The quantitative estimate of drug-likeness (QED) is 0.240. The molecule has 0 fully saturated rings. The fourth-order valence-electron chi connectivity index (χ4n) is 3.39. The van der Waals surface area contributed by atoms with Crippen LogP contribution in [-0.4, -0.2) is 47.1 Å². The normalized spacial score (nSPS) is 12.9. The number of hydrogen-bond acceptors (Lipinski definition) is 6. The Morgan fingerprint density at radius 1 is 0.529 bits per heavy atom. The van der Waals surface area contributed by atoms with E-state index in [1.54, 1.807) is 23.5 Å². The molecule has 34 heavy (non-hydrogen) atoms. The molecule has 0 spiro atoms. The minimum absolute atomic E-state index is 0.208. The zero-order chi connectivity index (χ0) is 23.6. The summed E-state index contributed by atoms with van der Waals surface area (Å²) in [5.74, 6) is 2.52. The van der Waals surface area contributed by atoms with Crippen LogP contribution in [0.2, 0.25) is 0 Å². The largest absolute Gasteiger partial charge is 0.490 e. The Hall–Kier alpha value is -2.64. The van der Waals surface area contributed by atoms with Crippen molar-refractivity contribution in [1.29, 1.82) is 0 Å². The van der Waals surface area contributed by atoms with Crippen molar-refractivity contribution in [2.45, 2.75) is 22.0 Å². The third-order valence-corrected chi connectivity index (χ3v) is 7.39. The molecule has 4 aromatic carbocycles. The van der Waals surface area contributed by atoms with Crippen LogP contribution >= 0.6 is 23.5 Å². The molecule has 4 aromatic rings. The first-order chi connectivity index (χ1) is 16.7. The minimum Gasteiger partial charge on any atom is -0.490 e. The smallest absolute Gasteiger partial charge is 0.127 e. The van der Waals surface area contributed by atoms with Crippen molar-refractivity contribution >= 4 is 34.3 Å². The number of thioether (sulfide) groups is 2. The number of fused-ring (bicyclic) bond motifs is 1. The summed E-state index contributed by atoms with van der Waals surface area (Å²) in [6, 6.07) is 31.6. The van der Waals surface area contributed by atoms with Gasteiger partial charge in [0.2, 0.25) is 0 Å². The molecule has 0 radical (unpaired) electrons. The summed E-state index contributed by atoms with van der Waals surface area (Å²) in [7, 11) is 0. The molecular weight excluding hydrogens is 464 g/mol. The lowest BCUT2D eigenvalue weighted by Gasteiger charge is -2.16. The summed E-state index contributed by atoms with van der Waals surface area (Å²) < 4.78 is 11.9. The van der Waals surface area contributed by atoms with E-state index in [4.69, 9.17) is 9.47 Å². The predicted molar refractivity (Wildman–Crippen MR) is 141 cm³/mol. The highest BCUT2D eigenvalue weighted by Crippen LogP contribution is 2.32. The molecule has 0 bridgehead atoms. The first kappa shape index (κ1) is 24.5. The van der Waals surface area contributed by atoms with E-state index in [0.29, 0.717) is 23.0 Å². The second kappa shape index (κ2) is 12.7. The topological polar surface area (TPSA) is 58.9 Å². The zero-order valence-electron chi connectivity index (χ0n) is 18.7.